The highest BCUT2D eigenvalue weighted by molar-refractivity contribution is 7.13. The van der Waals surface area contributed by atoms with Gasteiger partial charge in [0.15, 0.2) is 5.65 Å². The van der Waals surface area contributed by atoms with E-state index in [1.807, 2.05) is 52.0 Å². The normalized spacial score (nSPS) is 15.4. The molecule has 1 unspecified atom stereocenters. The highest BCUT2D eigenvalue weighted by atomic mass is 32.1. The number of rotatable bonds is 28. The number of aromatic nitrogens is 4. The Balaban J connectivity index is 0.682. The zero-order chi connectivity index (χ0) is 55.1. The summed E-state index contributed by atoms with van der Waals surface area (Å²) in [5.41, 5.74) is 5.40. The molecule has 0 saturated carbocycles. The molecule has 416 valence electrons. The van der Waals surface area contributed by atoms with Crippen LogP contribution in [0.1, 0.15) is 54.4 Å². The number of carbonyl (C=O) groups excluding carboxylic acids is 4. The van der Waals surface area contributed by atoms with Gasteiger partial charge in [0.2, 0.25) is 17.7 Å². The molecule has 4 N–H and O–H groups in total. The zero-order valence-corrected chi connectivity index (χ0v) is 44.7. The van der Waals surface area contributed by atoms with Crippen LogP contribution in [-0.4, -0.2) is 164 Å². The number of fused-ring (bicyclic) bond motifs is 3. The first kappa shape index (κ1) is 58.4. The Hall–Kier alpha value is -6.31. The number of ether oxygens (including phenoxy) is 6. The summed E-state index contributed by atoms with van der Waals surface area (Å²) in [7, 11) is 1.75. The molecule has 6 aromatic rings. The fourth-order valence-corrected chi connectivity index (χ4v) is 9.49. The first-order chi connectivity index (χ1) is 36.9. The van der Waals surface area contributed by atoms with Crippen molar-refractivity contribution in [3.8, 4) is 16.1 Å². The van der Waals surface area contributed by atoms with Crippen molar-refractivity contribution in [2.75, 3.05) is 92.4 Å². The fourth-order valence-electron chi connectivity index (χ4n) is 8.68. The predicted octanol–water partition coefficient (Wildman–Crippen LogP) is 5.61. The molecule has 77 heavy (non-hydrogen) atoms. The van der Waals surface area contributed by atoms with Gasteiger partial charge in [0.25, 0.3) is 5.91 Å². The van der Waals surface area contributed by atoms with E-state index < -0.39 is 47.2 Å². The van der Waals surface area contributed by atoms with Crippen molar-refractivity contribution in [2.45, 2.75) is 65.0 Å². The van der Waals surface area contributed by atoms with Gasteiger partial charge in [-0.15, -0.1) is 11.3 Å². The number of benzene rings is 3. The van der Waals surface area contributed by atoms with Gasteiger partial charge in [0.1, 0.15) is 18.7 Å². The standard InChI is InChI=1S/C54H67F3N8O11S/c1-35-47(77-34-60-35)37-8-6-36(7-9-37)30-59-51(69)45-29-41(66)31-64(45)52(70)48(53(2,3)4)61-46(67)33-76-27-26-75-25-24-74-23-22-73-21-20-72-19-18-71-17-16-58-50(68)38-10-15-44-42(28-38)43-32-63(5)62-49(43)65(44)40-13-11-39(12-14-40)54(55,56)57/h6-15,28,32,34,41,45,48,66H,16-27,29-31,33H2,1-5H3,(H,58,68)(H,59,69)(H,61,67)/t41-,45+,48?/m1/s1. The third-order valence-electron chi connectivity index (χ3n) is 12.6. The van der Waals surface area contributed by atoms with Gasteiger partial charge in [-0.3, -0.25) is 28.4 Å². The lowest BCUT2D eigenvalue weighted by molar-refractivity contribution is -0.144. The molecule has 3 atom stereocenters. The molecule has 0 aliphatic carbocycles. The first-order valence-electron chi connectivity index (χ1n) is 25.3. The van der Waals surface area contributed by atoms with Crippen molar-refractivity contribution in [2.24, 2.45) is 12.5 Å². The highest BCUT2D eigenvalue weighted by Gasteiger charge is 2.44. The maximum absolute atomic E-state index is 13.9. The molecule has 3 aromatic heterocycles. The lowest BCUT2D eigenvalue weighted by Crippen LogP contribution is -2.58. The summed E-state index contributed by atoms with van der Waals surface area (Å²) in [6, 6.07) is 16.0. The lowest BCUT2D eigenvalue weighted by Gasteiger charge is -2.35. The van der Waals surface area contributed by atoms with Gasteiger partial charge in [-0.25, -0.2) is 4.98 Å². The van der Waals surface area contributed by atoms with Crippen molar-refractivity contribution < 1.29 is 65.9 Å². The molecule has 0 spiro atoms. The van der Waals surface area contributed by atoms with E-state index in [-0.39, 0.29) is 64.3 Å². The van der Waals surface area contributed by atoms with Crippen molar-refractivity contribution in [1.29, 1.82) is 0 Å². The minimum absolute atomic E-state index is 0.0319. The number of carbonyl (C=O) groups is 4. The first-order valence-corrected chi connectivity index (χ1v) is 26.2. The van der Waals surface area contributed by atoms with E-state index in [4.69, 9.17) is 28.4 Å². The lowest BCUT2D eigenvalue weighted by atomic mass is 9.85. The van der Waals surface area contributed by atoms with Crippen LogP contribution >= 0.6 is 11.3 Å². The molecule has 1 aliphatic heterocycles. The topological polar surface area (TPSA) is 219 Å². The third-order valence-corrected chi connectivity index (χ3v) is 13.6. The number of nitrogens with one attached hydrogen (secondary N) is 3. The van der Waals surface area contributed by atoms with Crippen LogP contribution in [0, 0.1) is 12.3 Å². The van der Waals surface area contributed by atoms with Gasteiger partial charge in [-0.2, -0.15) is 18.3 Å². The number of aliphatic hydroxyl groups is 1. The highest BCUT2D eigenvalue weighted by Crippen LogP contribution is 2.35. The van der Waals surface area contributed by atoms with Gasteiger partial charge in [-0.05, 0) is 65.9 Å². The predicted molar refractivity (Wildman–Crippen MR) is 281 cm³/mol. The minimum Gasteiger partial charge on any atom is -0.391 e. The van der Waals surface area contributed by atoms with Crippen LogP contribution in [0.25, 0.3) is 38.1 Å². The molecule has 1 fully saturated rings. The monoisotopic (exact) mass is 1090 g/mol. The Morgan fingerprint density at radius 1 is 0.792 bits per heavy atom. The number of nitrogens with zero attached hydrogens (tertiary/aromatic N) is 5. The average Bonchev–Trinajstić information content (AvgIpc) is 4.28. The van der Waals surface area contributed by atoms with Crippen molar-refractivity contribution in [1.82, 2.24) is 40.2 Å². The molecular weight excluding hydrogens is 1030 g/mol. The summed E-state index contributed by atoms with van der Waals surface area (Å²) in [4.78, 5) is 60.0. The average molecular weight is 1090 g/mol. The molecule has 1 saturated heterocycles. The SMILES string of the molecule is Cc1ncsc1-c1ccc(CNC(=O)[C@@H]2C[C@@H](O)CN2C(=O)C(NC(=O)COCCOCCOCCOCCOCCOCCNC(=O)c2ccc3c(c2)c2cn(C)nc2n3-c2ccc(C(F)(F)F)cc2)C(C)(C)C)cc1. The van der Waals surface area contributed by atoms with E-state index in [0.717, 1.165) is 44.6 Å². The molecule has 23 heteroatoms. The molecule has 0 radical (unpaired) electrons. The third kappa shape index (κ3) is 16.1. The largest absolute Gasteiger partial charge is 0.416 e. The van der Waals surface area contributed by atoms with Crippen LogP contribution in [0.2, 0.25) is 0 Å². The van der Waals surface area contributed by atoms with Crippen LogP contribution in [-0.2, 0) is 62.6 Å². The van der Waals surface area contributed by atoms with E-state index in [0.29, 0.717) is 75.3 Å². The number of halogens is 3. The number of aliphatic hydroxyl groups excluding tert-OH is 1. The van der Waals surface area contributed by atoms with Crippen LogP contribution < -0.4 is 16.0 Å². The van der Waals surface area contributed by atoms with Crippen molar-refractivity contribution >= 4 is 56.9 Å². The Bertz CT molecular complexity index is 2900. The second-order valence-electron chi connectivity index (χ2n) is 19.5. The maximum Gasteiger partial charge on any atom is 0.416 e. The molecule has 3 aromatic carbocycles. The van der Waals surface area contributed by atoms with Crippen molar-refractivity contribution in [3.05, 3.63) is 101 Å². The molecule has 7 rings (SSSR count). The van der Waals surface area contributed by atoms with Crippen LogP contribution in [0.4, 0.5) is 13.2 Å². The van der Waals surface area contributed by atoms with Crippen LogP contribution in [0.3, 0.4) is 0 Å². The molecular formula is C54H67F3N8O11S. The van der Waals surface area contributed by atoms with E-state index >= 15 is 0 Å². The summed E-state index contributed by atoms with van der Waals surface area (Å²) in [6.45, 7) is 10.9. The quantitative estimate of drug-likeness (QED) is 0.0440. The second-order valence-corrected chi connectivity index (χ2v) is 20.3. The van der Waals surface area contributed by atoms with Gasteiger partial charge in [0, 0.05) is 61.3 Å². The maximum atomic E-state index is 13.9. The molecule has 4 heterocycles. The summed E-state index contributed by atoms with van der Waals surface area (Å²) < 4.78 is 76.2. The molecule has 19 nitrogen and oxygen atoms in total. The molecule has 1 aliphatic rings. The number of aryl methyl sites for hydroxylation is 2. The Morgan fingerprint density at radius 2 is 1.40 bits per heavy atom. The van der Waals surface area contributed by atoms with E-state index in [1.54, 1.807) is 57.5 Å². The van der Waals surface area contributed by atoms with Gasteiger partial charge >= 0.3 is 6.18 Å². The molecule has 0 bridgehead atoms. The van der Waals surface area contributed by atoms with Gasteiger partial charge in [0.05, 0.1) is 106 Å². The second kappa shape index (κ2) is 27.3. The summed E-state index contributed by atoms with van der Waals surface area (Å²) in [5, 5.41) is 25.1. The number of hydrogen-bond acceptors (Lipinski definition) is 14. The summed E-state index contributed by atoms with van der Waals surface area (Å²) in [6.07, 6.45) is -3.45. The number of likely N-dealkylation sites (tertiary alicyclic amines) is 1. The van der Waals surface area contributed by atoms with Crippen LogP contribution in [0.5, 0.6) is 0 Å². The van der Waals surface area contributed by atoms with Gasteiger partial charge in [-0.1, -0.05) is 45.0 Å². The smallest absolute Gasteiger partial charge is 0.391 e. The zero-order valence-electron chi connectivity index (χ0n) is 43.9. The Morgan fingerprint density at radius 3 is 1.99 bits per heavy atom. The van der Waals surface area contributed by atoms with E-state index in [9.17, 15) is 37.5 Å². The summed E-state index contributed by atoms with van der Waals surface area (Å²) >= 11 is 1.56. The number of alkyl halides is 3. The van der Waals surface area contributed by atoms with Crippen LogP contribution in [0.15, 0.2) is 78.4 Å². The van der Waals surface area contributed by atoms with Gasteiger partial charge < -0.3 is 54.4 Å². The number of β-amino-alcohol motifs (C(OH)–C–C–N with tert-alkyl or cyclic N) is 1. The summed E-state index contributed by atoms with van der Waals surface area (Å²) in [5.74, 6) is -1.65. The number of amides is 4. The number of thiazole rings is 1. The number of hydrogen-bond donors (Lipinski definition) is 4. The Labute approximate surface area is 448 Å². The van der Waals surface area contributed by atoms with E-state index in [1.165, 1.54) is 17.0 Å². The minimum atomic E-state index is -4.45. The molecule has 4 amide bonds. The van der Waals surface area contributed by atoms with E-state index in [2.05, 4.69) is 26.0 Å². The fraction of sp³-hybridized carbons (Fsp3) is 0.481. The Kier molecular flexibility index (Phi) is 20.7. The van der Waals surface area contributed by atoms with Crippen molar-refractivity contribution in [3.63, 3.8) is 0 Å².